The molecule has 0 amide bonds. The van der Waals surface area contributed by atoms with Crippen LogP contribution in [0.25, 0.3) is 10.9 Å². The van der Waals surface area contributed by atoms with E-state index in [1.54, 1.807) is 6.33 Å². The number of Topliss-reactive ketones (excluding diaryl/α,β-unsaturated/α-hetero) is 1. The lowest BCUT2D eigenvalue weighted by molar-refractivity contribution is -0.120. The van der Waals surface area contributed by atoms with Crippen LogP contribution >= 0.6 is 0 Å². The van der Waals surface area contributed by atoms with Gasteiger partial charge in [0.25, 0.3) is 0 Å². The summed E-state index contributed by atoms with van der Waals surface area (Å²) in [5.41, 5.74) is 0.946. The Hall–Kier alpha value is -1.97. The first-order valence-electron chi connectivity index (χ1n) is 6.31. The zero-order chi connectivity index (χ0) is 12.4. The second-order valence-electron chi connectivity index (χ2n) is 4.70. The molecule has 3 rings (SSSR count). The molecule has 0 spiro atoms. The van der Waals surface area contributed by atoms with Gasteiger partial charge in [-0.05, 0) is 25.0 Å². The van der Waals surface area contributed by atoms with E-state index in [1.165, 1.54) is 0 Å². The number of carbonyl (C=O) groups excluding carboxylic acids is 1. The Morgan fingerprint density at radius 2 is 1.89 bits per heavy atom. The number of fused-ring (bicyclic) bond motifs is 1. The van der Waals surface area contributed by atoms with Crippen LogP contribution in [0, 0.1) is 0 Å². The zero-order valence-corrected chi connectivity index (χ0v) is 10.1. The Labute approximate surface area is 105 Å². The van der Waals surface area contributed by atoms with E-state index in [0.717, 1.165) is 29.6 Å². The van der Waals surface area contributed by atoms with Gasteiger partial charge in [-0.2, -0.15) is 0 Å². The second kappa shape index (κ2) is 4.72. The highest BCUT2D eigenvalue weighted by Gasteiger charge is 2.19. The van der Waals surface area contributed by atoms with Crippen LogP contribution in [-0.4, -0.2) is 21.8 Å². The van der Waals surface area contributed by atoms with E-state index in [-0.39, 0.29) is 0 Å². The third-order valence-electron chi connectivity index (χ3n) is 3.43. The van der Waals surface area contributed by atoms with Crippen molar-refractivity contribution in [3.63, 3.8) is 0 Å². The number of para-hydroxylation sites is 1. The molecule has 0 unspecified atom stereocenters. The van der Waals surface area contributed by atoms with Crippen molar-refractivity contribution in [1.82, 2.24) is 9.97 Å². The molecule has 1 saturated carbocycles. The van der Waals surface area contributed by atoms with Gasteiger partial charge in [-0.25, -0.2) is 9.97 Å². The lowest BCUT2D eigenvalue weighted by Gasteiger charge is -2.23. The van der Waals surface area contributed by atoms with Crippen LogP contribution in [0.3, 0.4) is 0 Å². The maximum absolute atomic E-state index is 11.2. The minimum Gasteiger partial charge on any atom is -0.367 e. The molecule has 0 atom stereocenters. The Kier molecular flexibility index (Phi) is 2.92. The van der Waals surface area contributed by atoms with E-state index in [4.69, 9.17) is 0 Å². The highest BCUT2D eigenvalue weighted by atomic mass is 16.1. The minimum absolute atomic E-state index is 0.348. The molecule has 0 radical (unpaired) electrons. The first kappa shape index (κ1) is 11.1. The van der Waals surface area contributed by atoms with E-state index in [1.807, 2.05) is 24.3 Å². The van der Waals surface area contributed by atoms with Crippen LogP contribution in [-0.2, 0) is 4.79 Å². The summed E-state index contributed by atoms with van der Waals surface area (Å²) in [6, 6.07) is 8.30. The van der Waals surface area contributed by atoms with Gasteiger partial charge < -0.3 is 5.32 Å². The first-order valence-corrected chi connectivity index (χ1v) is 6.31. The number of benzene rings is 1. The van der Waals surface area contributed by atoms with Crippen LogP contribution in [0.2, 0.25) is 0 Å². The molecule has 1 aromatic carbocycles. The fourth-order valence-corrected chi connectivity index (χ4v) is 2.40. The molecule has 4 heteroatoms. The van der Waals surface area contributed by atoms with E-state index in [0.29, 0.717) is 24.7 Å². The number of aromatic nitrogens is 2. The summed E-state index contributed by atoms with van der Waals surface area (Å²) in [7, 11) is 0. The van der Waals surface area contributed by atoms with Gasteiger partial charge in [0.1, 0.15) is 17.9 Å². The number of hydrogen-bond donors (Lipinski definition) is 1. The largest absolute Gasteiger partial charge is 0.367 e. The van der Waals surface area contributed by atoms with Gasteiger partial charge in [0.05, 0.1) is 5.52 Å². The average molecular weight is 241 g/mol. The highest BCUT2D eigenvalue weighted by Crippen LogP contribution is 2.23. The van der Waals surface area contributed by atoms with Crippen LogP contribution in [0.5, 0.6) is 0 Å². The molecule has 1 heterocycles. The number of ketones is 1. The van der Waals surface area contributed by atoms with Gasteiger partial charge in [0, 0.05) is 24.3 Å². The summed E-state index contributed by atoms with van der Waals surface area (Å²) < 4.78 is 0. The normalized spacial score (nSPS) is 17.0. The van der Waals surface area contributed by atoms with Crippen LogP contribution < -0.4 is 5.32 Å². The van der Waals surface area contributed by atoms with Crippen molar-refractivity contribution >= 4 is 22.5 Å². The molecule has 1 aromatic heterocycles. The predicted molar refractivity (Wildman–Crippen MR) is 70.4 cm³/mol. The Morgan fingerprint density at radius 1 is 1.11 bits per heavy atom. The van der Waals surface area contributed by atoms with Crippen molar-refractivity contribution in [2.45, 2.75) is 31.7 Å². The van der Waals surface area contributed by atoms with Crippen molar-refractivity contribution < 1.29 is 4.79 Å². The van der Waals surface area contributed by atoms with Gasteiger partial charge in [-0.15, -0.1) is 0 Å². The van der Waals surface area contributed by atoms with Gasteiger partial charge in [-0.3, -0.25) is 4.79 Å². The maximum Gasteiger partial charge on any atom is 0.137 e. The van der Waals surface area contributed by atoms with Crippen molar-refractivity contribution in [2.24, 2.45) is 0 Å². The molecule has 1 fully saturated rings. The molecular formula is C14H15N3O. The van der Waals surface area contributed by atoms with Gasteiger partial charge in [-0.1, -0.05) is 12.1 Å². The monoisotopic (exact) mass is 241 g/mol. The number of anilines is 1. The lowest BCUT2D eigenvalue weighted by atomic mass is 9.94. The molecule has 0 aliphatic heterocycles. The molecule has 2 aromatic rings. The molecule has 0 bridgehead atoms. The van der Waals surface area contributed by atoms with Crippen molar-refractivity contribution in [3.8, 4) is 0 Å². The topological polar surface area (TPSA) is 54.9 Å². The third kappa shape index (κ3) is 2.18. The Morgan fingerprint density at radius 3 is 2.72 bits per heavy atom. The fraction of sp³-hybridized carbons (Fsp3) is 0.357. The summed E-state index contributed by atoms with van der Waals surface area (Å²) in [5, 5.41) is 4.48. The van der Waals surface area contributed by atoms with E-state index in [2.05, 4.69) is 15.3 Å². The smallest absolute Gasteiger partial charge is 0.137 e. The second-order valence-corrected chi connectivity index (χ2v) is 4.70. The maximum atomic E-state index is 11.2. The van der Waals surface area contributed by atoms with E-state index in [9.17, 15) is 4.79 Å². The molecule has 18 heavy (non-hydrogen) atoms. The minimum atomic E-state index is 0.348. The highest BCUT2D eigenvalue weighted by molar-refractivity contribution is 5.88. The average Bonchev–Trinajstić information content (AvgIpc) is 2.42. The van der Waals surface area contributed by atoms with Gasteiger partial charge in [0.2, 0.25) is 0 Å². The van der Waals surface area contributed by atoms with Gasteiger partial charge >= 0.3 is 0 Å². The molecule has 92 valence electrons. The van der Waals surface area contributed by atoms with E-state index >= 15 is 0 Å². The number of rotatable bonds is 2. The Balaban J connectivity index is 1.84. The summed E-state index contributed by atoms with van der Waals surface area (Å²) in [4.78, 5) is 19.8. The molecule has 0 saturated heterocycles. The van der Waals surface area contributed by atoms with Crippen molar-refractivity contribution in [1.29, 1.82) is 0 Å². The SMILES string of the molecule is O=C1CCC(Nc2ncnc3ccccc23)CC1. The van der Waals surface area contributed by atoms with Crippen LogP contribution in [0.15, 0.2) is 30.6 Å². The third-order valence-corrected chi connectivity index (χ3v) is 3.43. The molecule has 1 N–H and O–H groups in total. The predicted octanol–water partition coefficient (Wildman–Crippen LogP) is 2.55. The zero-order valence-electron chi connectivity index (χ0n) is 10.1. The summed E-state index contributed by atoms with van der Waals surface area (Å²) in [6.07, 6.45) is 4.74. The summed E-state index contributed by atoms with van der Waals surface area (Å²) in [6.45, 7) is 0. The van der Waals surface area contributed by atoms with Crippen LogP contribution in [0.4, 0.5) is 5.82 Å². The lowest BCUT2D eigenvalue weighted by Crippen LogP contribution is -2.26. The molecule has 1 aliphatic carbocycles. The van der Waals surface area contributed by atoms with Crippen molar-refractivity contribution in [2.75, 3.05) is 5.32 Å². The number of hydrogen-bond acceptors (Lipinski definition) is 4. The van der Waals surface area contributed by atoms with Gasteiger partial charge in [0.15, 0.2) is 0 Å². The fourth-order valence-electron chi connectivity index (χ4n) is 2.40. The van der Waals surface area contributed by atoms with Crippen LogP contribution in [0.1, 0.15) is 25.7 Å². The quantitative estimate of drug-likeness (QED) is 0.877. The Bertz CT molecular complexity index is 567. The number of nitrogens with zero attached hydrogens (tertiary/aromatic N) is 2. The summed E-state index contributed by atoms with van der Waals surface area (Å²) >= 11 is 0. The number of carbonyl (C=O) groups is 1. The molecule has 4 nitrogen and oxygen atoms in total. The number of nitrogens with one attached hydrogen (secondary N) is 1. The van der Waals surface area contributed by atoms with E-state index < -0.39 is 0 Å². The first-order chi connectivity index (χ1) is 8.83. The van der Waals surface area contributed by atoms with Crippen molar-refractivity contribution in [3.05, 3.63) is 30.6 Å². The standard InChI is InChI=1S/C14H15N3O/c18-11-7-5-10(6-8-11)17-14-12-3-1-2-4-13(12)15-9-16-14/h1-4,9-10H,5-8H2,(H,15,16,17). The molecular weight excluding hydrogens is 226 g/mol. The summed E-state index contributed by atoms with van der Waals surface area (Å²) in [5.74, 6) is 1.25. The molecule has 1 aliphatic rings.